The lowest BCUT2D eigenvalue weighted by Crippen LogP contribution is -2.19. The van der Waals surface area contributed by atoms with E-state index < -0.39 is 0 Å². The summed E-state index contributed by atoms with van der Waals surface area (Å²) in [4.78, 5) is 0. The second-order valence-corrected chi connectivity index (χ2v) is 7.57. The van der Waals surface area contributed by atoms with Gasteiger partial charge in [-0.05, 0) is 72.8 Å². The molecule has 2 aliphatic carbocycles. The number of hydrogen-bond donors (Lipinski definition) is 0. The standard InChI is InChI=1S/C20H21BI2O2/c1-14-7-3-4-11-18(14)20-15(2)8-5-12-19(20)16-9-6-10-17(13-16)21(24-22)25-23/h3-4,7,10-13H,5-6,8-9H2,1-2H3. The Hall–Kier alpha value is -0.375. The van der Waals surface area contributed by atoms with Crippen molar-refractivity contribution >= 4 is 58.7 Å². The predicted molar refractivity (Wildman–Crippen MR) is 122 cm³/mol. The molecule has 0 atom stereocenters. The van der Waals surface area contributed by atoms with Crippen molar-refractivity contribution in [1.29, 1.82) is 0 Å². The number of benzene rings is 1. The van der Waals surface area contributed by atoms with E-state index in [1.807, 2.05) is 46.0 Å². The fourth-order valence-corrected chi connectivity index (χ4v) is 4.82. The minimum absolute atomic E-state index is 0.312. The molecule has 0 aromatic heterocycles. The number of halogens is 2. The highest BCUT2D eigenvalue weighted by molar-refractivity contribution is 14.1. The second kappa shape index (κ2) is 9.02. The molecule has 0 fully saturated rings. The molecule has 0 spiro atoms. The van der Waals surface area contributed by atoms with Gasteiger partial charge in [0.1, 0.15) is 0 Å². The average molecular weight is 558 g/mol. The highest BCUT2D eigenvalue weighted by Gasteiger charge is 2.26. The zero-order chi connectivity index (χ0) is 17.8. The highest BCUT2D eigenvalue weighted by atomic mass is 127. The summed E-state index contributed by atoms with van der Waals surface area (Å²) in [5, 5.41) is 0. The molecular formula is C20H21BI2O2. The lowest BCUT2D eigenvalue weighted by Gasteiger charge is -2.26. The number of allylic oxidation sites excluding steroid dienone is 8. The maximum atomic E-state index is 5.42. The molecule has 3 rings (SSSR count). The first-order chi connectivity index (χ1) is 12.2. The molecule has 1 aromatic rings. The van der Waals surface area contributed by atoms with Crippen LogP contribution in [0.5, 0.6) is 0 Å². The lowest BCUT2D eigenvalue weighted by atomic mass is 9.72. The summed E-state index contributed by atoms with van der Waals surface area (Å²) >= 11 is 3.82. The van der Waals surface area contributed by atoms with E-state index in [4.69, 9.17) is 5.97 Å². The summed E-state index contributed by atoms with van der Waals surface area (Å²) in [7, 11) is -0.312. The molecule has 2 nitrogen and oxygen atoms in total. The Kier molecular flexibility index (Phi) is 6.99. The Labute approximate surface area is 179 Å². The van der Waals surface area contributed by atoms with Crippen LogP contribution in [-0.2, 0) is 5.97 Å². The molecule has 0 saturated carbocycles. The minimum Gasteiger partial charge on any atom is -0.341 e. The van der Waals surface area contributed by atoms with E-state index in [-0.39, 0.29) is 7.12 Å². The van der Waals surface area contributed by atoms with Crippen molar-refractivity contribution in [3.63, 3.8) is 0 Å². The van der Waals surface area contributed by atoms with Crippen LogP contribution in [0.15, 0.2) is 64.7 Å². The number of aryl methyl sites for hydroxylation is 1. The summed E-state index contributed by atoms with van der Waals surface area (Å²) in [6, 6.07) is 8.70. The molecule has 5 heteroatoms. The maximum absolute atomic E-state index is 5.42. The number of rotatable bonds is 5. The molecule has 0 unspecified atom stereocenters. The Bertz CT molecular complexity index is 774. The van der Waals surface area contributed by atoms with Gasteiger partial charge in [-0.1, -0.05) is 48.1 Å². The molecule has 0 N–H and O–H groups in total. The minimum atomic E-state index is -0.312. The Morgan fingerprint density at radius 1 is 0.960 bits per heavy atom. The van der Waals surface area contributed by atoms with E-state index in [0.29, 0.717) is 0 Å². The lowest BCUT2D eigenvalue weighted by molar-refractivity contribution is 0.588. The van der Waals surface area contributed by atoms with Crippen molar-refractivity contribution in [3.8, 4) is 0 Å². The van der Waals surface area contributed by atoms with Crippen LogP contribution in [0.25, 0.3) is 5.57 Å². The van der Waals surface area contributed by atoms with E-state index in [0.717, 1.165) is 31.2 Å². The van der Waals surface area contributed by atoms with Gasteiger partial charge in [0.2, 0.25) is 0 Å². The van der Waals surface area contributed by atoms with Gasteiger partial charge in [0.05, 0.1) is 46.0 Å². The predicted octanol–water partition coefficient (Wildman–Crippen LogP) is 6.90. The van der Waals surface area contributed by atoms with Crippen molar-refractivity contribution < 1.29 is 5.97 Å². The van der Waals surface area contributed by atoms with E-state index in [9.17, 15) is 0 Å². The summed E-state index contributed by atoms with van der Waals surface area (Å²) in [5.41, 5.74) is 9.48. The van der Waals surface area contributed by atoms with Crippen molar-refractivity contribution in [2.75, 3.05) is 0 Å². The topological polar surface area (TPSA) is 18.5 Å². The van der Waals surface area contributed by atoms with Gasteiger partial charge in [0.25, 0.3) is 0 Å². The molecular weight excluding hydrogens is 537 g/mol. The van der Waals surface area contributed by atoms with Gasteiger partial charge in [-0.15, -0.1) is 0 Å². The van der Waals surface area contributed by atoms with E-state index in [2.05, 4.69) is 56.3 Å². The van der Waals surface area contributed by atoms with Gasteiger partial charge < -0.3 is 5.97 Å². The molecule has 0 saturated heterocycles. The molecule has 2 aliphatic rings. The first kappa shape index (κ1) is 19.4. The van der Waals surface area contributed by atoms with Crippen LogP contribution in [0, 0.1) is 6.92 Å². The Morgan fingerprint density at radius 2 is 1.68 bits per heavy atom. The maximum Gasteiger partial charge on any atom is 0.512 e. The van der Waals surface area contributed by atoms with Crippen LogP contribution in [0.4, 0.5) is 0 Å². The SMILES string of the molecule is CC1=C(c2ccccc2C)C(C2=CC(B(OI)OI)=CCC2)=CCC1. The highest BCUT2D eigenvalue weighted by Crippen LogP contribution is 2.41. The summed E-state index contributed by atoms with van der Waals surface area (Å²) in [5.74, 6) is 0. The first-order valence-electron chi connectivity index (χ1n) is 8.57. The van der Waals surface area contributed by atoms with Crippen molar-refractivity contribution in [2.45, 2.75) is 39.5 Å². The average Bonchev–Trinajstić information content (AvgIpc) is 2.64. The molecule has 25 heavy (non-hydrogen) atoms. The molecule has 0 radical (unpaired) electrons. The second-order valence-electron chi connectivity index (χ2n) is 6.55. The Balaban J connectivity index is 2.02. The van der Waals surface area contributed by atoms with Crippen LogP contribution >= 0.6 is 46.0 Å². The molecule has 0 aliphatic heterocycles. The molecule has 1 aromatic carbocycles. The van der Waals surface area contributed by atoms with Crippen LogP contribution in [0.3, 0.4) is 0 Å². The quantitative estimate of drug-likeness (QED) is 0.290. The third kappa shape index (κ3) is 4.31. The summed E-state index contributed by atoms with van der Waals surface area (Å²) < 4.78 is 10.8. The van der Waals surface area contributed by atoms with Gasteiger partial charge in [0.15, 0.2) is 0 Å². The van der Waals surface area contributed by atoms with Gasteiger partial charge in [-0.25, -0.2) is 0 Å². The van der Waals surface area contributed by atoms with Crippen molar-refractivity contribution in [2.24, 2.45) is 0 Å². The fourth-order valence-electron chi connectivity index (χ4n) is 3.63. The third-order valence-electron chi connectivity index (χ3n) is 4.89. The summed E-state index contributed by atoms with van der Waals surface area (Å²) in [6.07, 6.45) is 11.2. The third-order valence-corrected chi connectivity index (χ3v) is 5.82. The van der Waals surface area contributed by atoms with Crippen LogP contribution in [0.2, 0.25) is 0 Å². The van der Waals surface area contributed by atoms with E-state index in [1.54, 1.807) is 0 Å². The number of hydrogen-bond acceptors (Lipinski definition) is 2. The van der Waals surface area contributed by atoms with Gasteiger partial charge in [-0.3, -0.25) is 0 Å². The smallest absolute Gasteiger partial charge is 0.341 e. The largest absolute Gasteiger partial charge is 0.512 e. The van der Waals surface area contributed by atoms with Crippen molar-refractivity contribution in [3.05, 3.63) is 75.8 Å². The van der Waals surface area contributed by atoms with Crippen LogP contribution in [-0.4, -0.2) is 7.12 Å². The normalized spacial score (nSPS) is 17.8. The van der Waals surface area contributed by atoms with E-state index >= 15 is 0 Å². The zero-order valence-corrected chi connectivity index (χ0v) is 18.8. The monoisotopic (exact) mass is 558 g/mol. The van der Waals surface area contributed by atoms with Crippen LogP contribution < -0.4 is 0 Å². The fraction of sp³-hybridized carbons (Fsp3) is 0.300. The molecule has 0 heterocycles. The molecule has 130 valence electrons. The van der Waals surface area contributed by atoms with Crippen molar-refractivity contribution in [1.82, 2.24) is 0 Å². The van der Waals surface area contributed by atoms with E-state index in [1.165, 1.54) is 33.4 Å². The zero-order valence-electron chi connectivity index (χ0n) is 14.5. The Morgan fingerprint density at radius 3 is 2.40 bits per heavy atom. The van der Waals surface area contributed by atoms with Gasteiger partial charge >= 0.3 is 7.12 Å². The summed E-state index contributed by atoms with van der Waals surface area (Å²) in [6.45, 7) is 4.48. The van der Waals surface area contributed by atoms with Gasteiger partial charge in [-0.2, -0.15) is 0 Å². The first-order valence-corrected chi connectivity index (χ1v) is 10.3. The molecule has 0 bridgehead atoms. The van der Waals surface area contributed by atoms with Crippen LogP contribution in [0.1, 0.15) is 43.7 Å². The molecule has 0 amide bonds. The van der Waals surface area contributed by atoms with Gasteiger partial charge in [0, 0.05) is 0 Å².